The molecule has 0 saturated heterocycles. The van der Waals surface area contributed by atoms with Gasteiger partial charge < -0.3 is 4.98 Å². The molecule has 0 spiro atoms. The Hall–Kier alpha value is -1.52. The van der Waals surface area contributed by atoms with Crippen molar-refractivity contribution in [3.63, 3.8) is 0 Å². The Morgan fingerprint density at radius 3 is 3.09 bits per heavy atom. The van der Waals surface area contributed by atoms with Crippen molar-refractivity contribution in [3.05, 3.63) is 28.8 Å². The molecule has 0 aliphatic heterocycles. The van der Waals surface area contributed by atoms with Gasteiger partial charge in [0.25, 0.3) is 5.56 Å². The average Bonchev–Trinajstić information content (AvgIpc) is 2.35. The second-order valence-corrected chi connectivity index (χ2v) is 2.17. The van der Waals surface area contributed by atoms with Crippen LogP contribution in [0.4, 0.5) is 0 Å². The maximum Gasteiger partial charge on any atom is 0.275 e. The van der Waals surface area contributed by atoms with E-state index in [0.717, 1.165) is 0 Å². The van der Waals surface area contributed by atoms with E-state index in [0.29, 0.717) is 11.1 Å². The Morgan fingerprint density at radius 2 is 2.36 bits per heavy atom. The molecule has 0 amide bonds. The molecule has 0 fully saturated rings. The normalized spacial score (nSPS) is 10.5. The average molecular weight is 145 g/mol. The van der Waals surface area contributed by atoms with Gasteiger partial charge in [-0.15, -0.1) is 0 Å². The Bertz CT molecular complexity index is 444. The number of nitrogens with zero attached hydrogens (tertiary/aromatic N) is 2. The zero-order valence-electron chi connectivity index (χ0n) is 5.61. The summed E-state index contributed by atoms with van der Waals surface area (Å²) in [6.45, 7) is 0. The zero-order valence-corrected chi connectivity index (χ0v) is 5.61. The van der Waals surface area contributed by atoms with Gasteiger partial charge >= 0.3 is 0 Å². The highest BCUT2D eigenvalue weighted by molar-refractivity contribution is 6.31. The van der Waals surface area contributed by atoms with Crippen LogP contribution in [0.3, 0.4) is 0 Å². The van der Waals surface area contributed by atoms with Crippen molar-refractivity contribution in [2.24, 2.45) is 0 Å². The lowest BCUT2D eigenvalue weighted by Crippen LogP contribution is -2.18. The van der Waals surface area contributed by atoms with Crippen molar-refractivity contribution < 1.29 is 0 Å². The number of nitrogens with one attached hydrogen (secondary N) is 1. The van der Waals surface area contributed by atoms with Gasteiger partial charge in [-0.2, -0.15) is 5.10 Å². The van der Waals surface area contributed by atoms with Crippen LogP contribution >= 0.6 is 0 Å². The lowest BCUT2D eigenvalue weighted by atomic mass is 10.1. The monoisotopic (exact) mass is 145 g/mol. The van der Waals surface area contributed by atoms with E-state index >= 15 is 0 Å². The van der Waals surface area contributed by atoms with Crippen LogP contribution in [0.15, 0.2) is 23.3 Å². The third-order valence-corrected chi connectivity index (χ3v) is 1.49. The fourth-order valence-corrected chi connectivity index (χ4v) is 0.965. The standard InChI is InChI=1S/C6H4BN3O/c7-5-2-1-4-6(11)8-3-9-10(4)5/h1-3H,(H,8,9,11). The highest BCUT2D eigenvalue weighted by atomic mass is 16.1. The van der Waals surface area contributed by atoms with Gasteiger partial charge in [-0.3, -0.25) is 4.79 Å². The summed E-state index contributed by atoms with van der Waals surface area (Å²) in [5.41, 5.74) is 0.743. The maximum absolute atomic E-state index is 11.0. The van der Waals surface area contributed by atoms with Crippen LogP contribution in [-0.2, 0) is 0 Å². The fourth-order valence-electron chi connectivity index (χ4n) is 0.965. The molecule has 0 saturated carbocycles. The first-order chi connectivity index (χ1) is 5.29. The van der Waals surface area contributed by atoms with E-state index in [1.165, 1.54) is 10.8 Å². The van der Waals surface area contributed by atoms with Crippen molar-refractivity contribution >= 4 is 19.0 Å². The molecule has 2 heterocycles. The Balaban J connectivity index is 3.06. The van der Waals surface area contributed by atoms with Crippen molar-refractivity contribution in [3.8, 4) is 0 Å². The molecule has 0 aromatic carbocycles. The molecule has 0 aliphatic rings. The van der Waals surface area contributed by atoms with Crippen LogP contribution in [0.25, 0.3) is 5.52 Å². The fraction of sp³-hybridized carbons (Fsp3) is 0. The summed E-state index contributed by atoms with van der Waals surface area (Å²) in [5, 5.41) is 3.84. The van der Waals surface area contributed by atoms with Crippen LogP contribution in [0, 0.1) is 0 Å². The topological polar surface area (TPSA) is 50.2 Å². The van der Waals surface area contributed by atoms with Gasteiger partial charge in [0, 0.05) is 0 Å². The van der Waals surface area contributed by atoms with Crippen LogP contribution in [0.2, 0.25) is 0 Å². The molecule has 4 nitrogen and oxygen atoms in total. The van der Waals surface area contributed by atoms with Crippen LogP contribution < -0.4 is 11.2 Å². The Kier molecular flexibility index (Phi) is 1.12. The molecular weight excluding hydrogens is 141 g/mol. The zero-order chi connectivity index (χ0) is 7.84. The number of hydrogen-bond donors (Lipinski definition) is 1. The minimum absolute atomic E-state index is 0.184. The third-order valence-electron chi connectivity index (χ3n) is 1.49. The summed E-state index contributed by atoms with van der Waals surface area (Å²) in [6.07, 6.45) is 1.31. The number of H-pyrrole nitrogens is 1. The summed E-state index contributed by atoms with van der Waals surface area (Å²) in [7, 11) is 5.49. The molecule has 0 atom stereocenters. The highest BCUT2D eigenvalue weighted by Crippen LogP contribution is 1.88. The second-order valence-electron chi connectivity index (χ2n) is 2.17. The molecule has 52 valence electrons. The molecule has 2 aromatic heterocycles. The van der Waals surface area contributed by atoms with Crippen molar-refractivity contribution in [2.45, 2.75) is 0 Å². The SMILES string of the molecule is [B]c1ccc2c(=O)[nH]cnn12. The van der Waals surface area contributed by atoms with E-state index in [1.54, 1.807) is 12.1 Å². The molecule has 11 heavy (non-hydrogen) atoms. The number of rotatable bonds is 0. The predicted molar refractivity (Wildman–Crippen MR) is 41.2 cm³/mol. The van der Waals surface area contributed by atoms with Gasteiger partial charge in [-0.05, 0) is 17.7 Å². The lowest BCUT2D eigenvalue weighted by Gasteiger charge is -1.92. The Labute approximate surface area is 63.3 Å². The van der Waals surface area contributed by atoms with Gasteiger partial charge in [-0.25, -0.2) is 4.52 Å². The largest absolute Gasteiger partial charge is 0.310 e. The smallest absolute Gasteiger partial charge is 0.275 e. The van der Waals surface area contributed by atoms with Crippen molar-refractivity contribution in [1.29, 1.82) is 0 Å². The molecule has 0 bridgehead atoms. The first-order valence-electron chi connectivity index (χ1n) is 3.10. The molecule has 1 N–H and O–H groups in total. The number of fused-ring (bicyclic) bond motifs is 1. The summed E-state index contributed by atoms with van der Waals surface area (Å²) in [5.74, 6) is 0. The first kappa shape index (κ1) is 6.21. The van der Waals surface area contributed by atoms with Gasteiger partial charge in [-0.1, -0.05) is 0 Å². The van der Waals surface area contributed by atoms with Gasteiger partial charge in [0.1, 0.15) is 19.7 Å². The molecule has 0 unspecified atom stereocenters. The number of aromatic nitrogens is 3. The van der Waals surface area contributed by atoms with E-state index in [9.17, 15) is 4.79 Å². The number of hydrogen-bond acceptors (Lipinski definition) is 2. The number of aromatic amines is 1. The quantitative estimate of drug-likeness (QED) is 0.474. The minimum Gasteiger partial charge on any atom is -0.310 e. The maximum atomic E-state index is 11.0. The van der Waals surface area contributed by atoms with Crippen LogP contribution in [-0.4, -0.2) is 22.4 Å². The molecule has 0 aliphatic carbocycles. The predicted octanol–water partition coefficient (Wildman–Crippen LogP) is -1.18. The molecule has 5 heteroatoms. The van der Waals surface area contributed by atoms with Crippen LogP contribution in [0.1, 0.15) is 0 Å². The lowest BCUT2D eigenvalue weighted by molar-refractivity contribution is 0.908. The third kappa shape index (κ3) is 0.773. The molecular formula is C6H4BN3O. The van der Waals surface area contributed by atoms with Crippen molar-refractivity contribution in [1.82, 2.24) is 14.6 Å². The van der Waals surface area contributed by atoms with E-state index in [2.05, 4.69) is 10.1 Å². The van der Waals surface area contributed by atoms with Gasteiger partial charge in [0.05, 0.1) is 0 Å². The summed E-state index contributed by atoms with van der Waals surface area (Å²) < 4.78 is 1.39. The van der Waals surface area contributed by atoms with E-state index in [4.69, 9.17) is 7.85 Å². The highest BCUT2D eigenvalue weighted by Gasteiger charge is 1.98. The van der Waals surface area contributed by atoms with Gasteiger partial charge in [0.15, 0.2) is 0 Å². The summed E-state index contributed by atoms with van der Waals surface area (Å²) in [4.78, 5) is 13.5. The van der Waals surface area contributed by atoms with Crippen LogP contribution in [0.5, 0.6) is 0 Å². The van der Waals surface area contributed by atoms with E-state index in [-0.39, 0.29) is 5.56 Å². The molecule has 2 aromatic rings. The molecule has 2 radical (unpaired) electrons. The summed E-state index contributed by atoms with van der Waals surface area (Å²) in [6, 6.07) is 3.26. The second kappa shape index (κ2) is 1.98. The Morgan fingerprint density at radius 1 is 1.55 bits per heavy atom. The van der Waals surface area contributed by atoms with Gasteiger partial charge in [0.2, 0.25) is 0 Å². The van der Waals surface area contributed by atoms with E-state index in [1.807, 2.05) is 0 Å². The minimum atomic E-state index is -0.184. The van der Waals surface area contributed by atoms with Crippen molar-refractivity contribution in [2.75, 3.05) is 0 Å². The summed E-state index contributed by atoms with van der Waals surface area (Å²) >= 11 is 0. The molecule has 2 rings (SSSR count). The van der Waals surface area contributed by atoms with E-state index < -0.39 is 0 Å². The first-order valence-corrected chi connectivity index (χ1v) is 3.10.